The lowest BCUT2D eigenvalue weighted by atomic mass is 9.97. The van der Waals surface area contributed by atoms with Crippen LogP contribution in [0.1, 0.15) is 52.3 Å². The molecule has 1 rings (SSSR count). The zero-order chi connectivity index (χ0) is 14.5. The maximum Gasteiger partial charge on any atom is 0.239 e. The fraction of sp³-hybridized carbons (Fsp3) is 0.769. The van der Waals surface area contributed by atoms with Gasteiger partial charge in [0, 0.05) is 19.0 Å². The highest BCUT2D eigenvalue weighted by atomic mass is 16.2. The fourth-order valence-corrected chi connectivity index (χ4v) is 2.01. The van der Waals surface area contributed by atoms with E-state index in [0.29, 0.717) is 25.4 Å². The highest BCUT2D eigenvalue weighted by Crippen LogP contribution is 2.10. The van der Waals surface area contributed by atoms with Crippen LogP contribution in [0, 0.1) is 0 Å². The van der Waals surface area contributed by atoms with Crippen LogP contribution in [0.15, 0.2) is 6.33 Å². The Morgan fingerprint density at radius 1 is 1.58 bits per heavy atom. The third kappa shape index (κ3) is 4.31. The van der Waals surface area contributed by atoms with Crippen molar-refractivity contribution in [2.45, 2.75) is 58.5 Å². The van der Waals surface area contributed by atoms with Crippen LogP contribution in [0.2, 0.25) is 0 Å². The van der Waals surface area contributed by atoms with Crippen molar-refractivity contribution in [2.24, 2.45) is 5.73 Å². The van der Waals surface area contributed by atoms with Gasteiger partial charge in [-0.15, -0.1) is 10.2 Å². The first-order chi connectivity index (χ1) is 8.88. The van der Waals surface area contributed by atoms with Gasteiger partial charge in [-0.2, -0.15) is 0 Å². The molecule has 0 saturated heterocycles. The predicted octanol–water partition coefficient (Wildman–Crippen LogP) is 1.04. The van der Waals surface area contributed by atoms with Crippen LogP contribution < -0.4 is 11.1 Å². The number of hydrogen-bond donors (Lipinski definition) is 2. The lowest BCUT2D eigenvalue weighted by molar-refractivity contribution is -0.126. The molecule has 108 valence electrons. The molecule has 1 amide bonds. The second-order valence-electron chi connectivity index (χ2n) is 5.46. The number of nitrogens with one attached hydrogen (secondary N) is 1. The van der Waals surface area contributed by atoms with Gasteiger partial charge in [-0.1, -0.05) is 27.2 Å². The van der Waals surface area contributed by atoms with Crippen LogP contribution >= 0.6 is 0 Å². The minimum absolute atomic E-state index is 0.103. The first kappa shape index (κ1) is 15.6. The lowest BCUT2D eigenvalue weighted by Gasteiger charge is -2.23. The average Bonchev–Trinajstić information content (AvgIpc) is 2.77. The molecule has 1 aromatic rings. The number of nitrogens with two attached hydrogens (primary N) is 1. The Labute approximate surface area is 114 Å². The van der Waals surface area contributed by atoms with Gasteiger partial charge in [0.1, 0.15) is 12.2 Å². The van der Waals surface area contributed by atoms with Crippen molar-refractivity contribution in [3.8, 4) is 0 Å². The van der Waals surface area contributed by atoms with Crippen molar-refractivity contribution >= 4 is 5.91 Å². The highest BCUT2D eigenvalue weighted by Gasteiger charge is 2.26. The van der Waals surface area contributed by atoms with Gasteiger partial charge in [0.05, 0.1) is 5.54 Å². The van der Waals surface area contributed by atoms with Crippen LogP contribution in [0.25, 0.3) is 0 Å². The molecule has 1 unspecified atom stereocenters. The number of aromatic nitrogens is 3. The molecule has 0 bridgehead atoms. The molecule has 0 saturated carbocycles. The number of nitrogens with zero attached hydrogens (tertiary/aromatic N) is 3. The van der Waals surface area contributed by atoms with Crippen molar-refractivity contribution in [3.05, 3.63) is 12.2 Å². The van der Waals surface area contributed by atoms with E-state index in [1.54, 1.807) is 13.3 Å². The van der Waals surface area contributed by atoms with Crippen LogP contribution in [0.5, 0.6) is 0 Å². The van der Waals surface area contributed by atoms with Gasteiger partial charge in [0.2, 0.25) is 5.91 Å². The van der Waals surface area contributed by atoms with E-state index in [1.807, 2.05) is 11.5 Å². The average molecular weight is 267 g/mol. The first-order valence-electron chi connectivity index (χ1n) is 6.83. The minimum atomic E-state index is -0.789. The topological polar surface area (TPSA) is 85.8 Å². The highest BCUT2D eigenvalue weighted by molar-refractivity contribution is 5.85. The number of amides is 1. The van der Waals surface area contributed by atoms with Crippen LogP contribution in [0.4, 0.5) is 0 Å². The summed E-state index contributed by atoms with van der Waals surface area (Å²) >= 11 is 0. The quantitative estimate of drug-likeness (QED) is 0.772. The number of rotatable bonds is 7. The van der Waals surface area contributed by atoms with Crippen LogP contribution in [-0.2, 0) is 11.3 Å². The number of carbonyl (C=O) groups excluding carboxylic acids is 1. The Kier molecular flexibility index (Phi) is 5.47. The summed E-state index contributed by atoms with van der Waals surface area (Å²) in [5.41, 5.74) is 5.18. The van der Waals surface area contributed by atoms with Crippen LogP contribution in [0.3, 0.4) is 0 Å². The van der Waals surface area contributed by atoms with Gasteiger partial charge in [-0.05, 0) is 13.3 Å². The van der Waals surface area contributed by atoms with Gasteiger partial charge in [0.25, 0.3) is 0 Å². The first-order valence-corrected chi connectivity index (χ1v) is 6.83. The normalized spacial score (nSPS) is 14.4. The maximum absolute atomic E-state index is 11.9. The van der Waals surface area contributed by atoms with Crippen molar-refractivity contribution in [2.75, 3.05) is 6.54 Å². The Morgan fingerprint density at radius 2 is 2.26 bits per heavy atom. The Bertz CT molecular complexity index is 411. The van der Waals surface area contributed by atoms with E-state index in [2.05, 4.69) is 29.4 Å². The molecule has 0 aliphatic carbocycles. The van der Waals surface area contributed by atoms with Crippen molar-refractivity contribution < 1.29 is 4.79 Å². The monoisotopic (exact) mass is 267 g/mol. The van der Waals surface area contributed by atoms with E-state index in [1.165, 1.54) is 0 Å². The maximum atomic E-state index is 11.9. The summed E-state index contributed by atoms with van der Waals surface area (Å²) in [5.74, 6) is 1.14. The van der Waals surface area contributed by atoms with E-state index in [0.717, 1.165) is 12.2 Å². The minimum Gasteiger partial charge on any atom is -0.353 e. The van der Waals surface area contributed by atoms with E-state index in [-0.39, 0.29) is 5.91 Å². The van der Waals surface area contributed by atoms with Gasteiger partial charge in [-0.25, -0.2) is 0 Å². The van der Waals surface area contributed by atoms with Gasteiger partial charge >= 0.3 is 0 Å². The molecule has 6 heteroatoms. The predicted molar refractivity (Wildman–Crippen MR) is 74.6 cm³/mol. The molecule has 3 N–H and O–H groups in total. The molecular weight excluding hydrogens is 242 g/mol. The summed E-state index contributed by atoms with van der Waals surface area (Å²) in [7, 11) is 0. The Morgan fingerprint density at radius 3 is 2.84 bits per heavy atom. The molecule has 1 atom stereocenters. The van der Waals surface area contributed by atoms with Gasteiger partial charge in [0.15, 0.2) is 0 Å². The molecular formula is C13H25N5O. The summed E-state index contributed by atoms with van der Waals surface area (Å²) in [6.07, 6.45) is 3.27. The summed E-state index contributed by atoms with van der Waals surface area (Å²) in [4.78, 5) is 11.9. The molecule has 1 heterocycles. The smallest absolute Gasteiger partial charge is 0.239 e. The van der Waals surface area contributed by atoms with E-state index in [4.69, 9.17) is 5.73 Å². The second-order valence-corrected chi connectivity index (χ2v) is 5.46. The number of hydrogen-bond acceptors (Lipinski definition) is 4. The van der Waals surface area contributed by atoms with Gasteiger partial charge < -0.3 is 15.6 Å². The lowest BCUT2D eigenvalue weighted by Crippen LogP contribution is -2.52. The van der Waals surface area contributed by atoms with Crippen molar-refractivity contribution in [3.63, 3.8) is 0 Å². The van der Waals surface area contributed by atoms with E-state index >= 15 is 0 Å². The van der Waals surface area contributed by atoms with Crippen molar-refractivity contribution in [1.29, 1.82) is 0 Å². The summed E-state index contributed by atoms with van der Waals surface area (Å²) < 4.78 is 1.96. The third-order valence-corrected chi connectivity index (χ3v) is 3.09. The second kappa shape index (κ2) is 6.65. The summed E-state index contributed by atoms with van der Waals surface area (Å²) in [6.45, 7) is 9.12. The molecule has 0 spiro atoms. The van der Waals surface area contributed by atoms with Gasteiger partial charge in [-0.3, -0.25) is 4.79 Å². The summed E-state index contributed by atoms with van der Waals surface area (Å²) in [6, 6.07) is 0. The largest absolute Gasteiger partial charge is 0.353 e. The SMILES string of the molecule is CCCC(C)(N)C(=O)NCCn1cnnc1C(C)C. The molecule has 1 aromatic heterocycles. The standard InChI is InChI=1S/C13H25N5O/c1-5-6-13(4,14)12(19)15-7-8-18-9-16-17-11(18)10(2)3/h9-10H,5-8,14H2,1-4H3,(H,15,19). The Balaban J connectivity index is 2.46. The molecule has 0 aliphatic rings. The molecule has 0 aliphatic heterocycles. The Hall–Kier alpha value is -1.43. The summed E-state index contributed by atoms with van der Waals surface area (Å²) in [5, 5.41) is 10.8. The molecule has 0 radical (unpaired) electrons. The molecule has 0 fully saturated rings. The van der Waals surface area contributed by atoms with Crippen molar-refractivity contribution in [1.82, 2.24) is 20.1 Å². The van der Waals surface area contributed by atoms with Crippen LogP contribution in [-0.4, -0.2) is 32.8 Å². The molecule has 6 nitrogen and oxygen atoms in total. The van der Waals surface area contributed by atoms with E-state index < -0.39 is 5.54 Å². The third-order valence-electron chi connectivity index (χ3n) is 3.09. The van der Waals surface area contributed by atoms with E-state index in [9.17, 15) is 4.79 Å². The zero-order valence-corrected chi connectivity index (χ0v) is 12.3. The fourth-order valence-electron chi connectivity index (χ4n) is 2.01. The number of carbonyl (C=O) groups is 1. The zero-order valence-electron chi connectivity index (χ0n) is 12.3. The molecule has 0 aromatic carbocycles. The molecule has 19 heavy (non-hydrogen) atoms.